The maximum atomic E-state index is 12.8. The first kappa shape index (κ1) is 22.9. The lowest BCUT2D eigenvalue weighted by molar-refractivity contribution is 0.262. The Bertz CT molecular complexity index is 1220. The highest BCUT2D eigenvalue weighted by molar-refractivity contribution is 7.92. The number of aryl methyl sites for hydroxylation is 3. The zero-order chi connectivity index (χ0) is 22.8. The van der Waals surface area contributed by atoms with Gasteiger partial charge in [0.25, 0.3) is 10.0 Å². The number of amides is 2. The average molecular weight is 478 g/mol. The first-order valence-electron chi connectivity index (χ1n) is 9.29. The van der Waals surface area contributed by atoms with E-state index in [1.54, 1.807) is 12.1 Å². The van der Waals surface area contributed by atoms with E-state index in [-0.39, 0.29) is 4.90 Å². The molecule has 0 bridgehead atoms. The molecule has 162 valence electrons. The van der Waals surface area contributed by atoms with E-state index in [0.29, 0.717) is 27.1 Å². The van der Waals surface area contributed by atoms with E-state index >= 15 is 0 Å². The molecule has 0 aliphatic rings. The van der Waals surface area contributed by atoms with Gasteiger partial charge < -0.3 is 10.6 Å². The summed E-state index contributed by atoms with van der Waals surface area (Å²) in [6.07, 6.45) is 0. The molecule has 0 radical (unpaired) electrons. The minimum Gasteiger partial charge on any atom is -0.308 e. The molecule has 0 aliphatic carbocycles. The molecule has 6 nitrogen and oxygen atoms in total. The fraction of sp³-hybridized carbons (Fsp3) is 0.136. The van der Waals surface area contributed by atoms with Crippen LogP contribution in [0.1, 0.15) is 16.7 Å². The second-order valence-corrected chi connectivity index (χ2v) is 9.63. The van der Waals surface area contributed by atoms with E-state index in [1.807, 2.05) is 32.9 Å². The molecule has 0 spiro atoms. The number of hydrogen-bond acceptors (Lipinski definition) is 3. The van der Waals surface area contributed by atoms with Crippen LogP contribution in [-0.2, 0) is 10.0 Å². The van der Waals surface area contributed by atoms with E-state index in [2.05, 4.69) is 15.4 Å². The van der Waals surface area contributed by atoms with Crippen LogP contribution in [0.15, 0.2) is 59.5 Å². The van der Waals surface area contributed by atoms with Crippen LogP contribution in [0.4, 0.5) is 21.9 Å². The van der Waals surface area contributed by atoms with Crippen molar-refractivity contribution in [1.82, 2.24) is 0 Å². The van der Waals surface area contributed by atoms with Crippen LogP contribution < -0.4 is 15.4 Å². The van der Waals surface area contributed by atoms with Gasteiger partial charge >= 0.3 is 6.03 Å². The molecule has 0 atom stereocenters. The normalized spacial score (nSPS) is 11.1. The third kappa shape index (κ3) is 5.70. The molecule has 31 heavy (non-hydrogen) atoms. The standard InChI is InChI=1S/C22H21Cl2N3O3S/c1-13-10-14(2)21(15(3)11-13)27-31(29,30)18-7-5-17(6-8-18)25-22(28)26-20-9-4-16(23)12-19(20)24/h4-12,27H,1-3H3,(H2,25,26,28). The van der Waals surface area contributed by atoms with Gasteiger partial charge in [0.2, 0.25) is 0 Å². The molecule has 0 unspecified atom stereocenters. The van der Waals surface area contributed by atoms with Gasteiger partial charge in [0.05, 0.1) is 21.3 Å². The van der Waals surface area contributed by atoms with Gasteiger partial charge in [0.15, 0.2) is 0 Å². The van der Waals surface area contributed by atoms with Crippen LogP contribution in [0.25, 0.3) is 0 Å². The van der Waals surface area contributed by atoms with E-state index in [0.717, 1.165) is 16.7 Å². The summed E-state index contributed by atoms with van der Waals surface area (Å²) in [7, 11) is -3.78. The Morgan fingerprint density at radius 3 is 2.03 bits per heavy atom. The number of hydrogen-bond donors (Lipinski definition) is 3. The SMILES string of the molecule is Cc1cc(C)c(NS(=O)(=O)c2ccc(NC(=O)Nc3ccc(Cl)cc3Cl)cc2)c(C)c1. The molecule has 0 fully saturated rings. The summed E-state index contributed by atoms with van der Waals surface area (Å²) >= 11 is 11.9. The second-order valence-electron chi connectivity index (χ2n) is 7.11. The van der Waals surface area contributed by atoms with Gasteiger partial charge in [-0.05, 0) is 74.4 Å². The number of sulfonamides is 1. The summed E-state index contributed by atoms with van der Waals surface area (Å²) in [5.41, 5.74) is 4.13. The van der Waals surface area contributed by atoms with E-state index in [9.17, 15) is 13.2 Å². The van der Waals surface area contributed by atoms with Gasteiger partial charge in [-0.3, -0.25) is 4.72 Å². The van der Waals surface area contributed by atoms with Gasteiger partial charge in [-0.25, -0.2) is 13.2 Å². The zero-order valence-electron chi connectivity index (χ0n) is 17.1. The summed E-state index contributed by atoms with van der Waals surface area (Å²) < 4.78 is 28.2. The van der Waals surface area contributed by atoms with E-state index in [1.165, 1.54) is 30.3 Å². The average Bonchev–Trinajstić information content (AvgIpc) is 2.67. The molecule has 3 rings (SSSR count). The Balaban J connectivity index is 1.71. The Kier molecular flexibility index (Phi) is 6.79. The Morgan fingerprint density at radius 2 is 1.45 bits per heavy atom. The van der Waals surface area contributed by atoms with Crippen molar-refractivity contribution in [2.24, 2.45) is 0 Å². The van der Waals surface area contributed by atoms with Crippen LogP contribution in [0.5, 0.6) is 0 Å². The third-order valence-corrected chi connectivity index (χ3v) is 6.43. The first-order chi connectivity index (χ1) is 14.5. The number of carbonyl (C=O) groups is 1. The molecule has 0 heterocycles. The maximum absolute atomic E-state index is 12.8. The molecular formula is C22H21Cl2N3O3S. The second kappa shape index (κ2) is 9.18. The number of carbonyl (C=O) groups excluding carboxylic acids is 1. The zero-order valence-corrected chi connectivity index (χ0v) is 19.4. The van der Waals surface area contributed by atoms with Crippen molar-refractivity contribution >= 4 is 56.3 Å². The van der Waals surface area contributed by atoms with Crippen molar-refractivity contribution in [1.29, 1.82) is 0 Å². The minimum absolute atomic E-state index is 0.0820. The third-order valence-electron chi connectivity index (χ3n) is 4.52. The molecule has 0 aliphatic heterocycles. The summed E-state index contributed by atoms with van der Waals surface area (Å²) in [6, 6.07) is 13.9. The van der Waals surface area contributed by atoms with Crippen molar-refractivity contribution < 1.29 is 13.2 Å². The van der Waals surface area contributed by atoms with Crippen molar-refractivity contribution in [3.05, 3.63) is 81.3 Å². The number of halogens is 2. The molecule has 0 aromatic heterocycles. The quantitative estimate of drug-likeness (QED) is 0.399. The molecule has 0 saturated heterocycles. The van der Waals surface area contributed by atoms with Crippen molar-refractivity contribution in [2.45, 2.75) is 25.7 Å². The highest BCUT2D eigenvalue weighted by Crippen LogP contribution is 2.27. The molecule has 2 amide bonds. The van der Waals surface area contributed by atoms with Gasteiger partial charge in [-0.2, -0.15) is 0 Å². The molecule has 3 aromatic carbocycles. The highest BCUT2D eigenvalue weighted by Gasteiger charge is 2.17. The van der Waals surface area contributed by atoms with Crippen LogP contribution in [0.2, 0.25) is 10.0 Å². The van der Waals surface area contributed by atoms with E-state index in [4.69, 9.17) is 23.2 Å². The molecular weight excluding hydrogens is 457 g/mol. The van der Waals surface area contributed by atoms with Crippen LogP contribution in [-0.4, -0.2) is 14.4 Å². The number of nitrogens with one attached hydrogen (secondary N) is 3. The van der Waals surface area contributed by atoms with Crippen LogP contribution in [0.3, 0.4) is 0 Å². The Labute approximate surface area is 191 Å². The van der Waals surface area contributed by atoms with Crippen molar-refractivity contribution in [3.8, 4) is 0 Å². The topological polar surface area (TPSA) is 87.3 Å². The fourth-order valence-electron chi connectivity index (χ4n) is 3.13. The van der Waals surface area contributed by atoms with E-state index < -0.39 is 16.1 Å². The monoisotopic (exact) mass is 477 g/mol. The Morgan fingerprint density at radius 1 is 0.839 bits per heavy atom. The summed E-state index contributed by atoms with van der Waals surface area (Å²) in [4.78, 5) is 12.3. The largest absolute Gasteiger partial charge is 0.323 e. The fourth-order valence-corrected chi connectivity index (χ4v) is 4.79. The Hall–Kier alpha value is -2.74. The molecule has 3 aromatic rings. The molecule has 0 saturated carbocycles. The highest BCUT2D eigenvalue weighted by atomic mass is 35.5. The summed E-state index contributed by atoms with van der Waals surface area (Å²) in [6.45, 7) is 5.67. The van der Waals surface area contributed by atoms with Crippen molar-refractivity contribution in [2.75, 3.05) is 15.4 Å². The van der Waals surface area contributed by atoms with Gasteiger partial charge in [-0.1, -0.05) is 40.9 Å². The van der Waals surface area contributed by atoms with Gasteiger partial charge in [0, 0.05) is 10.7 Å². The maximum Gasteiger partial charge on any atom is 0.323 e. The predicted molar refractivity (Wildman–Crippen MR) is 127 cm³/mol. The minimum atomic E-state index is -3.78. The summed E-state index contributed by atoms with van der Waals surface area (Å²) in [5, 5.41) is 6.00. The van der Waals surface area contributed by atoms with Crippen LogP contribution in [0, 0.1) is 20.8 Å². The number of anilines is 3. The number of rotatable bonds is 5. The lowest BCUT2D eigenvalue weighted by atomic mass is 10.1. The lowest BCUT2D eigenvalue weighted by Gasteiger charge is -2.15. The number of urea groups is 1. The smallest absolute Gasteiger partial charge is 0.308 e. The summed E-state index contributed by atoms with van der Waals surface area (Å²) in [5.74, 6) is 0. The first-order valence-corrected chi connectivity index (χ1v) is 11.5. The predicted octanol–water partition coefficient (Wildman–Crippen LogP) is 6.36. The molecule has 3 N–H and O–H groups in total. The van der Waals surface area contributed by atoms with Crippen molar-refractivity contribution in [3.63, 3.8) is 0 Å². The lowest BCUT2D eigenvalue weighted by Crippen LogP contribution is -2.20. The van der Waals surface area contributed by atoms with Gasteiger partial charge in [0.1, 0.15) is 0 Å². The van der Waals surface area contributed by atoms with Crippen LogP contribution >= 0.6 is 23.2 Å². The molecule has 9 heteroatoms. The van der Waals surface area contributed by atoms with Gasteiger partial charge in [-0.15, -0.1) is 0 Å². The number of benzene rings is 3.